The number of anilines is 1. The first-order valence-electron chi connectivity index (χ1n) is 4.83. The third kappa shape index (κ3) is 3.15. The minimum Gasteiger partial charge on any atom is -0.465 e. The highest BCUT2D eigenvalue weighted by molar-refractivity contribution is 8.00. The number of aliphatic hydroxyl groups is 1. The van der Waals surface area contributed by atoms with Crippen molar-refractivity contribution in [3.05, 3.63) is 23.8 Å². The van der Waals surface area contributed by atoms with Gasteiger partial charge in [0.05, 0.1) is 19.3 Å². The molecule has 16 heavy (non-hydrogen) atoms. The molecule has 1 atom stereocenters. The van der Waals surface area contributed by atoms with Crippen LogP contribution >= 0.6 is 11.8 Å². The third-order valence-corrected chi connectivity index (χ3v) is 3.18. The number of carbonyl (C=O) groups is 1. The van der Waals surface area contributed by atoms with Gasteiger partial charge in [0.25, 0.3) is 0 Å². The standard InChI is InChI=1S/C11H15NO3S/c1-7(6-13)16-10-5-8(11(14)15-2)3-4-9(10)12/h3-5,7,13H,6,12H2,1-2H3. The molecule has 0 heterocycles. The maximum Gasteiger partial charge on any atom is 0.337 e. The minimum absolute atomic E-state index is 0.0372. The van der Waals surface area contributed by atoms with Gasteiger partial charge in [0.2, 0.25) is 0 Å². The lowest BCUT2D eigenvalue weighted by Crippen LogP contribution is -2.05. The van der Waals surface area contributed by atoms with Gasteiger partial charge in [-0.15, -0.1) is 11.8 Å². The highest BCUT2D eigenvalue weighted by atomic mass is 32.2. The largest absolute Gasteiger partial charge is 0.465 e. The van der Waals surface area contributed by atoms with Gasteiger partial charge in [-0.25, -0.2) is 4.79 Å². The van der Waals surface area contributed by atoms with Crippen molar-refractivity contribution in [2.75, 3.05) is 19.5 Å². The SMILES string of the molecule is COC(=O)c1ccc(N)c(SC(C)CO)c1. The molecule has 88 valence electrons. The molecular formula is C11H15NO3S. The zero-order valence-electron chi connectivity index (χ0n) is 9.27. The van der Waals surface area contributed by atoms with E-state index in [4.69, 9.17) is 10.8 Å². The maximum absolute atomic E-state index is 11.3. The number of methoxy groups -OCH3 is 1. The predicted molar refractivity (Wildman–Crippen MR) is 64.6 cm³/mol. The van der Waals surface area contributed by atoms with Gasteiger partial charge in [-0.05, 0) is 18.2 Å². The number of nitrogen functional groups attached to an aromatic ring is 1. The number of esters is 1. The van der Waals surface area contributed by atoms with Crippen LogP contribution in [0, 0.1) is 0 Å². The molecule has 0 aliphatic carbocycles. The molecule has 0 saturated carbocycles. The number of aliphatic hydroxyl groups excluding tert-OH is 1. The first kappa shape index (κ1) is 12.9. The highest BCUT2D eigenvalue weighted by Crippen LogP contribution is 2.29. The van der Waals surface area contributed by atoms with Gasteiger partial charge in [-0.3, -0.25) is 0 Å². The number of carbonyl (C=O) groups excluding carboxylic acids is 1. The lowest BCUT2D eigenvalue weighted by atomic mass is 10.2. The highest BCUT2D eigenvalue weighted by Gasteiger charge is 2.11. The van der Waals surface area contributed by atoms with Crippen molar-refractivity contribution in [1.29, 1.82) is 0 Å². The summed E-state index contributed by atoms with van der Waals surface area (Å²) in [6.45, 7) is 1.95. The van der Waals surface area contributed by atoms with Crippen LogP contribution in [0.3, 0.4) is 0 Å². The van der Waals surface area contributed by atoms with Crippen molar-refractivity contribution in [2.45, 2.75) is 17.1 Å². The number of hydrogen-bond acceptors (Lipinski definition) is 5. The molecule has 4 nitrogen and oxygen atoms in total. The fourth-order valence-corrected chi connectivity index (χ4v) is 2.04. The van der Waals surface area contributed by atoms with Crippen molar-refractivity contribution in [2.24, 2.45) is 0 Å². The van der Waals surface area contributed by atoms with Crippen molar-refractivity contribution < 1.29 is 14.6 Å². The summed E-state index contributed by atoms with van der Waals surface area (Å²) in [6, 6.07) is 4.96. The lowest BCUT2D eigenvalue weighted by molar-refractivity contribution is 0.0600. The van der Waals surface area contributed by atoms with Gasteiger partial charge in [0, 0.05) is 15.8 Å². The smallest absolute Gasteiger partial charge is 0.337 e. The normalized spacial score (nSPS) is 12.2. The molecule has 1 aromatic rings. The van der Waals surface area contributed by atoms with Crippen LogP contribution in [0.5, 0.6) is 0 Å². The number of benzene rings is 1. The molecule has 0 aromatic heterocycles. The molecule has 0 aliphatic heterocycles. The van der Waals surface area contributed by atoms with Gasteiger partial charge < -0.3 is 15.6 Å². The van der Waals surface area contributed by atoms with Crippen LogP contribution in [-0.4, -0.2) is 30.0 Å². The Hall–Kier alpha value is -1.20. The average Bonchev–Trinajstić information content (AvgIpc) is 2.30. The minimum atomic E-state index is -0.390. The molecular weight excluding hydrogens is 226 g/mol. The average molecular weight is 241 g/mol. The van der Waals surface area contributed by atoms with E-state index < -0.39 is 5.97 Å². The number of ether oxygens (including phenoxy) is 1. The van der Waals surface area contributed by atoms with Crippen LogP contribution in [-0.2, 0) is 4.74 Å². The van der Waals surface area contributed by atoms with Gasteiger partial charge in [0.15, 0.2) is 0 Å². The van der Waals surface area contributed by atoms with E-state index in [2.05, 4.69) is 4.74 Å². The Balaban J connectivity index is 2.94. The molecule has 0 radical (unpaired) electrons. The molecule has 3 N–H and O–H groups in total. The second-order valence-corrected chi connectivity index (χ2v) is 4.84. The van der Waals surface area contributed by atoms with E-state index in [0.717, 1.165) is 4.90 Å². The Morgan fingerprint density at radius 1 is 1.62 bits per heavy atom. The summed E-state index contributed by atoms with van der Waals surface area (Å²) in [5.41, 5.74) is 6.84. The summed E-state index contributed by atoms with van der Waals surface area (Å²) in [7, 11) is 1.34. The summed E-state index contributed by atoms with van der Waals surface area (Å²) in [4.78, 5) is 12.1. The van der Waals surface area contributed by atoms with Gasteiger partial charge in [-0.2, -0.15) is 0 Å². The molecule has 1 unspecified atom stereocenters. The summed E-state index contributed by atoms with van der Waals surface area (Å²) >= 11 is 1.43. The van der Waals surface area contributed by atoms with Crippen LogP contribution in [0.1, 0.15) is 17.3 Å². The summed E-state index contributed by atoms with van der Waals surface area (Å²) in [5, 5.41) is 9.00. The van der Waals surface area contributed by atoms with E-state index in [1.807, 2.05) is 6.92 Å². The Morgan fingerprint density at radius 2 is 2.31 bits per heavy atom. The number of rotatable bonds is 4. The third-order valence-electron chi connectivity index (χ3n) is 2.02. The van der Waals surface area contributed by atoms with E-state index in [1.165, 1.54) is 18.9 Å². The van der Waals surface area contributed by atoms with Gasteiger partial charge in [-0.1, -0.05) is 6.92 Å². The predicted octanol–water partition coefficient (Wildman–Crippen LogP) is 1.53. The van der Waals surface area contributed by atoms with E-state index >= 15 is 0 Å². The van der Waals surface area contributed by atoms with E-state index in [-0.39, 0.29) is 11.9 Å². The van der Waals surface area contributed by atoms with Crippen LogP contribution < -0.4 is 5.73 Å². The first-order valence-corrected chi connectivity index (χ1v) is 5.71. The molecule has 1 aromatic carbocycles. The summed E-state index contributed by atoms with van der Waals surface area (Å²) in [5.74, 6) is -0.390. The number of hydrogen-bond donors (Lipinski definition) is 2. The second-order valence-electron chi connectivity index (χ2n) is 3.36. The van der Waals surface area contributed by atoms with Crippen molar-refractivity contribution in [3.8, 4) is 0 Å². The molecule has 0 fully saturated rings. The Labute approximate surface area is 98.8 Å². The molecule has 0 aliphatic rings. The van der Waals surface area contributed by atoms with Crippen LogP contribution in [0.15, 0.2) is 23.1 Å². The molecule has 0 spiro atoms. The summed E-state index contributed by atoms with van der Waals surface area (Å²) < 4.78 is 4.62. The first-order chi connectivity index (χ1) is 7.58. The molecule has 0 amide bonds. The zero-order valence-corrected chi connectivity index (χ0v) is 10.1. The lowest BCUT2D eigenvalue weighted by Gasteiger charge is -2.11. The topological polar surface area (TPSA) is 72.5 Å². The Morgan fingerprint density at radius 3 is 2.88 bits per heavy atom. The van der Waals surface area contributed by atoms with Crippen molar-refractivity contribution >= 4 is 23.4 Å². The molecule has 0 bridgehead atoms. The molecule has 5 heteroatoms. The van der Waals surface area contributed by atoms with Crippen LogP contribution in [0.25, 0.3) is 0 Å². The summed E-state index contributed by atoms with van der Waals surface area (Å²) in [6.07, 6.45) is 0. The number of thioether (sulfide) groups is 1. The van der Waals surface area contributed by atoms with Crippen LogP contribution in [0.2, 0.25) is 0 Å². The Bertz CT molecular complexity index is 381. The number of nitrogens with two attached hydrogens (primary N) is 1. The quantitative estimate of drug-likeness (QED) is 0.475. The van der Waals surface area contributed by atoms with E-state index in [0.29, 0.717) is 11.3 Å². The van der Waals surface area contributed by atoms with Gasteiger partial charge in [0.1, 0.15) is 0 Å². The Kier molecular flexibility index (Phi) is 4.64. The fraction of sp³-hybridized carbons (Fsp3) is 0.364. The molecule has 1 rings (SSSR count). The van der Waals surface area contributed by atoms with E-state index in [1.54, 1.807) is 18.2 Å². The van der Waals surface area contributed by atoms with Crippen molar-refractivity contribution in [1.82, 2.24) is 0 Å². The zero-order chi connectivity index (χ0) is 12.1. The second kappa shape index (κ2) is 5.77. The molecule has 0 saturated heterocycles. The monoisotopic (exact) mass is 241 g/mol. The van der Waals surface area contributed by atoms with Crippen molar-refractivity contribution in [3.63, 3.8) is 0 Å². The van der Waals surface area contributed by atoms with E-state index in [9.17, 15) is 4.79 Å². The fourth-order valence-electron chi connectivity index (χ4n) is 1.14. The van der Waals surface area contributed by atoms with Crippen LogP contribution in [0.4, 0.5) is 5.69 Å². The maximum atomic E-state index is 11.3. The van der Waals surface area contributed by atoms with Gasteiger partial charge >= 0.3 is 5.97 Å².